The first-order valence-corrected chi connectivity index (χ1v) is 12.7. The maximum Gasteiger partial charge on any atom is 0.410 e. The highest BCUT2D eigenvalue weighted by Gasteiger charge is 2.62. The third-order valence-corrected chi connectivity index (χ3v) is 7.88. The summed E-state index contributed by atoms with van der Waals surface area (Å²) < 4.78 is 11.5. The van der Waals surface area contributed by atoms with Crippen LogP contribution in [0.25, 0.3) is 0 Å². The average Bonchev–Trinajstić information content (AvgIpc) is 3.28. The van der Waals surface area contributed by atoms with E-state index in [1.165, 1.54) is 5.57 Å². The van der Waals surface area contributed by atoms with E-state index < -0.39 is 5.41 Å². The molecule has 2 saturated heterocycles. The summed E-state index contributed by atoms with van der Waals surface area (Å²) in [5.41, 5.74) is 2.86. The Morgan fingerprint density at radius 1 is 1.00 bits per heavy atom. The number of piperidine rings is 1. The molecule has 3 atom stereocenters. The van der Waals surface area contributed by atoms with Crippen LogP contribution in [-0.4, -0.2) is 54.1 Å². The Bertz CT molecular complexity index is 1070. The number of benzene rings is 2. The third kappa shape index (κ3) is 4.47. The van der Waals surface area contributed by atoms with E-state index in [1.807, 2.05) is 48.2 Å². The summed E-state index contributed by atoms with van der Waals surface area (Å²) in [7, 11) is 0. The van der Waals surface area contributed by atoms with Crippen LogP contribution in [0.1, 0.15) is 37.3 Å². The fourth-order valence-electron chi connectivity index (χ4n) is 6.31. The van der Waals surface area contributed by atoms with E-state index in [1.54, 1.807) is 4.90 Å². The Hall–Kier alpha value is -3.12. The van der Waals surface area contributed by atoms with E-state index >= 15 is 0 Å². The van der Waals surface area contributed by atoms with Gasteiger partial charge in [-0.25, -0.2) is 4.79 Å². The number of carbonyl (C=O) groups is 2. The lowest BCUT2D eigenvalue weighted by atomic mass is 9.59. The van der Waals surface area contributed by atoms with Crippen molar-refractivity contribution in [1.29, 1.82) is 0 Å². The van der Waals surface area contributed by atoms with Gasteiger partial charge in [-0.3, -0.25) is 4.79 Å². The fourth-order valence-corrected chi connectivity index (χ4v) is 6.31. The molecule has 5 rings (SSSR count). The summed E-state index contributed by atoms with van der Waals surface area (Å²) >= 11 is 0. The molecule has 0 saturated carbocycles. The molecule has 0 unspecified atom stereocenters. The van der Waals surface area contributed by atoms with Crippen molar-refractivity contribution in [3.05, 3.63) is 83.4 Å². The molecule has 35 heavy (non-hydrogen) atoms. The second-order valence-electron chi connectivity index (χ2n) is 9.75. The molecule has 2 fully saturated rings. The van der Waals surface area contributed by atoms with Gasteiger partial charge in [0.2, 0.25) is 5.91 Å². The number of nitrogens with zero attached hydrogens (tertiary/aromatic N) is 2. The van der Waals surface area contributed by atoms with Gasteiger partial charge in [0, 0.05) is 25.6 Å². The van der Waals surface area contributed by atoms with Gasteiger partial charge >= 0.3 is 6.09 Å². The minimum absolute atomic E-state index is 0.0796. The van der Waals surface area contributed by atoms with Gasteiger partial charge in [-0.15, -0.1) is 0 Å². The molecule has 0 N–H and O–H groups in total. The van der Waals surface area contributed by atoms with Crippen molar-refractivity contribution in [2.24, 2.45) is 11.3 Å². The number of rotatable bonds is 7. The fraction of sp³-hybridized carbons (Fsp3) is 0.448. The molecule has 184 valence electrons. The highest BCUT2D eigenvalue weighted by Crippen LogP contribution is 2.55. The molecule has 2 aromatic rings. The van der Waals surface area contributed by atoms with Crippen LogP contribution in [0.4, 0.5) is 4.79 Å². The van der Waals surface area contributed by atoms with E-state index in [4.69, 9.17) is 9.47 Å². The Kier molecular flexibility index (Phi) is 6.91. The van der Waals surface area contributed by atoms with Gasteiger partial charge in [-0.1, -0.05) is 66.7 Å². The molecule has 0 radical (unpaired) electrons. The molecule has 0 bridgehead atoms. The summed E-state index contributed by atoms with van der Waals surface area (Å²) in [6, 6.07) is 20.1. The lowest BCUT2D eigenvalue weighted by Crippen LogP contribution is -2.60. The highest BCUT2D eigenvalue weighted by atomic mass is 16.6. The summed E-state index contributed by atoms with van der Waals surface area (Å²) in [6.07, 6.45) is 4.12. The van der Waals surface area contributed by atoms with Crippen LogP contribution in [0.15, 0.2) is 72.3 Å². The van der Waals surface area contributed by atoms with Gasteiger partial charge in [0.25, 0.3) is 0 Å². The van der Waals surface area contributed by atoms with Crippen LogP contribution in [0, 0.1) is 11.3 Å². The van der Waals surface area contributed by atoms with E-state index in [0.717, 1.165) is 17.5 Å². The molecule has 2 aliphatic heterocycles. The minimum Gasteiger partial charge on any atom is -0.450 e. The first-order valence-electron chi connectivity index (χ1n) is 12.7. The monoisotopic (exact) mass is 474 g/mol. The Morgan fingerprint density at radius 3 is 2.43 bits per heavy atom. The molecule has 1 spiro atoms. The molecule has 2 aromatic carbocycles. The first kappa shape index (κ1) is 23.6. The zero-order valence-electron chi connectivity index (χ0n) is 20.4. The molecule has 3 aliphatic rings. The smallest absolute Gasteiger partial charge is 0.410 e. The highest BCUT2D eigenvalue weighted by molar-refractivity contribution is 5.87. The van der Waals surface area contributed by atoms with E-state index in [-0.39, 0.29) is 24.0 Å². The van der Waals surface area contributed by atoms with Crippen LogP contribution in [0.5, 0.6) is 0 Å². The standard InChI is InChI=1S/C29H34N2O4/c1-2-35-28(33)31-18-16-29-25(15-17-30(27(29)32)19-22-9-5-3-6-10-22)24(13-14-26(29)31)21-34-20-23-11-7-4-8-12-23/h3-13,25-26H,2,14-21H2,1H3/t25-,26-,29-/m0/s1. The summed E-state index contributed by atoms with van der Waals surface area (Å²) in [4.78, 5) is 30.8. The predicted octanol–water partition coefficient (Wildman–Crippen LogP) is 4.80. The summed E-state index contributed by atoms with van der Waals surface area (Å²) in [5.74, 6) is 0.249. The van der Waals surface area contributed by atoms with Gasteiger partial charge in [-0.2, -0.15) is 0 Å². The molecular weight excluding hydrogens is 440 g/mol. The van der Waals surface area contributed by atoms with Crippen LogP contribution >= 0.6 is 0 Å². The quantitative estimate of drug-likeness (QED) is 0.541. The minimum atomic E-state index is -0.611. The van der Waals surface area contributed by atoms with Crippen molar-refractivity contribution in [3.63, 3.8) is 0 Å². The first-order chi connectivity index (χ1) is 17.1. The number of ether oxygens (including phenoxy) is 2. The van der Waals surface area contributed by atoms with Gasteiger partial charge < -0.3 is 19.3 Å². The number of carbonyl (C=O) groups excluding carboxylic acids is 2. The van der Waals surface area contributed by atoms with Crippen LogP contribution in [0.2, 0.25) is 0 Å². The van der Waals surface area contributed by atoms with E-state index in [9.17, 15) is 9.59 Å². The van der Waals surface area contributed by atoms with Crippen molar-refractivity contribution in [3.8, 4) is 0 Å². The molecule has 1 aliphatic carbocycles. The molecule has 6 nitrogen and oxygen atoms in total. The molecule has 2 heterocycles. The van der Waals surface area contributed by atoms with E-state index in [2.05, 4.69) is 30.3 Å². The largest absolute Gasteiger partial charge is 0.450 e. The Morgan fingerprint density at radius 2 is 1.71 bits per heavy atom. The zero-order valence-corrected chi connectivity index (χ0v) is 20.4. The van der Waals surface area contributed by atoms with Crippen molar-refractivity contribution in [2.45, 2.75) is 45.4 Å². The second kappa shape index (κ2) is 10.2. The SMILES string of the molecule is CCOC(=O)N1CC[C@]23C(=O)N(Cc4ccccc4)CC[C@H]2C(COCc2ccccc2)=CC[C@H]13. The van der Waals surface area contributed by atoms with Gasteiger partial charge in [0.1, 0.15) is 0 Å². The predicted molar refractivity (Wildman–Crippen MR) is 133 cm³/mol. The number of hydrogen-bond acceptors (Lipinski definition) is 4. The van der Waals surface area contributed by atoms with Gasteiger partial charge in [0.15, 0.2) is 0 Å². The lowest BCUT2D eigenvalue weighted by Gasteiger charge is -2.51. The molecule has 6 heteroatoms. The van der Waals surface area contributed by atoms with Gasteiger partial charge in [-0.05, 0) is 42.9 Å². The van der Waals surface area contributed by atoms with Crippen molar-refractivity contribution in [2.75, 3.05) is 26.3 Å². The summed E-state index contributed by atoms with van der Waals surface area (Å²) in [6.45, 7) is 5.08. The number of amides is 2. The van der Waals surface area contributed by atoms with Crippen molar-refractivity contribution >= 4 is 12.0 Å². The van der Waals surface area contributed by atoms with Crippen molar-refractivity contribution < 1.29 is 19.1 Å². The van der Waals surface area contributed by atoms with E-state index in [0.29, 0.717) is 52.3 Å². The maximum atomic E-state index is 14.2. The van der Waals surface area contributed by atoms with Crippen LogP contribution in [-0.2, 0) is 27.4 Å². The van der Waals surface area contributed by atoms with Crippen LogP contribution in [0.3, 0.4) is 0 Å². The topological polar surface area (TPSA) is 59.1 Å². The molecule has 0 aromatic heterocycles. The molecule has 2 amide bonds. The third-order valence-electron chi connectivity index (χ3n) is 7.88. The second-order valence-corrected chi connectivity index (χ2v) is 9.75. The Balaban J connectivity index is 1.39. The average molecular weight is 475 g/mol. The number of likely N-dealkylation sites (tertiary alicyclic amines) is 2. The lowest BCUT2D eigenvalue weighted by molar-refractivity contribution is -0.153. The zero-order chi connectivity index (χ0) is 24.3. The van der Waals surface area contributed by atoms with Gasteiger partial charge in [0.05, 0.1) is 31.3 Å². The van der Waals surface area contributed by atoms with Crippen LogP contribution < -0.4 is 0 Å². The molecular formula is C29H34N2O4. The Labute approximate surface area is 207 Å². The summed E-state index contributed by atoms with van der Waals surface area (Å²) in [5, 5.41) is 0. The maximum absolute atomic E-state index is 14.2. The number of hydrogen-bond donors (Lipinski definition) is 0. The normalized spacial score (nSPS) is 25.6. The van der Waals surface area contributed by atoms with Crippen molar-refractivity contribution in [1.82, 2.24) is 9.80 Å².